The van der Waals surface area contributed by atoms with Crippen LogP contribution in [-0.2, 0) is 15.9 Å². The van der Waals surface area contributed by atoms with E-state index in [9.17, 15) is 0 Å². The lowest BCUT2D eigenvalue weighted by atomic mass is 9.88. The normalized spacial score (nSPS) is 21.0. The Kier molecular flexibility index (Phi) is 4.37. The molecule has 1 aromatic heterocycles. The van der Waals surface area contributed by atoms with E-state index < -0.39 is 0 Å². The summed E-state index contributed by atoms with van der Waals surface area (Å²) in [7, 11) is -0.276. The fourth-order valence-electron chi connectivity index (χ4n) is 1.87. The second kappa shape index (κ2) is 5.54. The van der Waals surface area contributed by atoms with Gasteiger partial charge in [0.2, 0.25) is 0 Å². The third-order valence-corrected chi connectivity index (χ3v) is 4.86. The van der Waals surface area contributed by atoms with Crippen LogP contribution in [-0.4, -0.2) is 36.6 Å². The standard InChI is InChI=1S/C13H22BNO3S/c1-12(2)13(3,4)18-14(17-12)11-6-5-10(19-11)9-15-7-8-16/h5-6,15-16H,7-9H2,1-4H3. The molecule has 1 saturated heterocycles. The first kappa shape index (κ1) is 15.0. The number of nitrogens with one attached hydrogen (secondary N) is 1. The number of aliphatic hydroxyl groups is 1. The fraction of sp³-hybridized carbons (Fsp3) is 0.692. The van der Waals surface area contributed by atoms with Gasteiger partial charge in [0.05, 0.1) is 17.8 Å². The third-order valence-electron chi connectivity index (χ3n) is 3.76. The number of aliphatic hydroxyl groups excluding tert-OH is 1. The van der Waals surface area contributed by atoms with Crippen molar-refractivity contribution in [3.63, 3.8) is 0 Å². The van der Waals surface area contributed by atoms with Crippen LogP contribution in [0.3, 0.4) is 0 Å². The Hall–Kier alpha value is -0.395. The van der Waals surface area contributed by atoms with E-state index >= 15 is 0 Å². The zero-order chi connectivity index (χ0) is 14.1. The van der Waals surface area contributed by atoms with Crippen molar-refractivity contribution in [3.05, 3.63) is 17.0 Å². The summed E-state index contributed by atoms with van der Waals surface area (Å²) in [6.45, 7) is 9.78. The molecule has 0 unspecified atom stereocenters. The molecular formula is C13H22BNO3S. The maximum absolute atomic E-state index is 8.74. The van der Waals surface area contributed by atoms with Gasteiger partial charge in [-0.05, 0) is 33.8 Å². The fourth-order valence-corrected chi connectivity index (χ4v) is 2.81. The molecule has 1 aromatic rings. The monoisotopic (exact) mass is 283 g/mol. The number of hydrogen-bond acceptors (Lipinski definition) is 5. The maximum atomic E-state index is 8.74. The highest BCUT2D eigenvalue weighted by Crippen LogP contribution is 2.36. The predicted octanol–water partition coefficient (Wildman–Crippen LogP) is 1.13. The minimum Gasteiger partial charge on any atom is -0.399 e. The lowest BCUT2D eigenvalue weighted by Crippen LogP contribution is -2.41. The largest absolute Gasteiger partial charge is 0.505 e. The quantitative estimate of drug-likeness (QED) is 0.628. The summed E-state index contributed by atoms with van der Waals surface area (Å²) < 4.78 is 13.1. The van der Waals surface area contributed by atoms with Crippen LogP contribution in [0.1, 0.15) is 32.6 Å². The molecule has 6 heteroatoms. The number of hydrogen-bond donors (Lipinski definition) is 2. The lowest BCUT2D eigenvalue weighted by Gasteiger charge is -2.32. The molecule has 0 radical (unpaired) electrons. The zero-order valence-electron chi connectivity index (χ0n) is 12.0. The van der Waals surface area contributed by atoms with Crippen molar-refractivity contribution in [2.75, 3.05) is 13.2 Å². The van der Waals surface area contributed by atoms with Gasteiger partial charge in [0.1, 0.15) is 0 Å². The van der Waals surface area contributed by atoms with Crippen LogP contribution in [0.4, 0.5) is 0 Å². The molecule has 0 bridgehead atoms. The molecule has 0 aliphatic carbocycles. The third kappa shape index (κ3) is 3.20. The van der Waals surface area contributed by atoms with Gasteiger partial charge in [0.25, 0.3) is 0 Å². The summed E-state index contributed by atoms with van der Waals surface area (Å²) in [5.74, 6) is 0. The van der Waals surface area contributed by atoms with Gasteiger partial charge in [-0.25, -0.2) is 0 Å². The molecule has 1 aliphatic heterocycles. The minimum atomic E-state index is -0.295. The van der Waals surface area contributed by atoms with Crippen molar-refractivity contribution in [1.82, 2.24) is 5.32 Å². The summed E-state index contributed by atoms with van der Waals surface area (Å²) in [5, 5.41) is 11.9. The van der Waals surface area contributed by atoms with Crippen molar-refractivity contribution in [3.8, 4) is 0 Å². The average Bonchev–Trinajstić information content (AvgIpc) is 2.83. The van der Waals surface area contributed by atoms with Gasteiger partial charge in [-0.15, -0.1) is 11.3 Å². The predicted molar refractivity (Wildman–Crippen MR) is 78.8 cm³/mol. The summed E-state index contributed by atoms with van der Waals surface area (Å²) in [6, 6.07) is 4.14. The molecule has 4 nitrogen and oxygen atoms in total. The van der Waals surface area contributed by atoms with Crippen molar-refractivity contribution in [2.45, 2.75) is 45.4 Å². The van der Waals surface area contributed by atoms with E-state index in [4.69, 9.17) is 14.4 Å². The smallest absolute Gasteiger partial charge is 0.399 e. The second-order valence-corrected chi connectivity index (χ2v) is 6.99. The van der Waals surface area contributed by atoms with E-state index in [1.807, 2.05) is 0 Å². The van der Waals surface area contributed by atoms with Crippen molar-refractivity contribution in [1.29, 1.82) is 0 Å². The SMILES string of the molecule is CC1(C)OB(c2ccc(CNCCO)s2)OC1(C)C. The Bertz CT molecular complexity index is 417. The zero-order valence-corrected chi connectivity index (χ0v) is 12.8. The molecule has 106 valence electrons. The maximum Gasteiger partial charge on any atom is 0.505 e. The highest BCUT2D eigenvalue weighted by Gasteiger charge is 2.52. The van der Waals surface area contributed by atoms with Gasteiger partial charge in [-0.2, -0.15) is 0 Å². The molecule has 0 amide bonds. The van der Waals surface area contributed by atoms with Gasteiger partial charge < -0.3 is 19.7 Å². The number of rotatable bonds is 5. The van der Waals surface area contributed by atoms with Crippen molar-refractivity contribution in [2.24, 2.45) is 0 Å². The van der Waals surface area contributed by atoms with Gasteiger partial charge >= 0.3 is 7.12 Å². The van der Waals surface area contributed by atoms with Gasteiger partial charge in [0, 0.05) is 22.7 Å². The molecule has 2 rings (SSSR count). The molecule has 2 N–H and O–H groups in total. The Balaban J connectivity index is 2.00. The van der Waals surface area contributed by atoms with Crippen LogP contribution in [0.5, 0.6) is 0 Å². The molecular weight excluding hydrogens is 261 g/mol. The molecule has 0 atom stereocenters. The summed E-state index contributed by atoms with van der Waals surface area (Å²) in [5.41, 5.74) is -0.589. The summed E-state index contributed by atoms with van der Waals surface area (Å²) in [4.78, 5) is 1.22. The van der Waals surface area contributed by atoms with E-state index in [2.05, 4.69) is 45.1 Å². The number of thiophene rings is 1. The summed E-state index contributed by atoms with van der Waals surface area (Å²) >= 11 is 1.69. The minimum absolute atomic E-state index is 0.162. The van der Waals surface area contributed by atoms with Gasteiger partial charge in [-0.1, -0.05) is 6.07 Å². The second-order valence-electron chi connectivity index (χ2n) is 5.79. The Morgan fingerprint density at radius 3 is 2.42 bits per heavy atom. The first-order valence-corrected chi connectivity index (χ1v) is 7.43. The van der Waals surface area contributed by atoms with Crippen LogP contribution in [0, 0.1) is 0 Å². The van der Waals surface area contributed by atoms with E-state index in [1.165, 1.54) is 4.88 Å². The molecule has 1 fully saturated rings. The van der Waals surface area contributed by atoms with Gasteiger partial charge in [0.15, 0.2) is 0 Å². The molecule has 0 aromatic carbocycles. The Morgan fingerprint density at radius 2 is 1.84 bits per heavy atom. The molecule has 0 spiro atoms. The van der Waals surface area contributed by atoms with E-state index in [0.29, 0.717) is 6.54 Å². The Labute approximate surface area is 119 Å². The molecule has 1 aliphatic rings. The van der Waals surface area contributed by atoms with E-state index in [0.717, 1.165) is 11.3 Å². The van der Waals surface area contributed by atoms with Crippen molar-refractivity contribution >= 4 is 23.2 Å². The first-order chi connectivity index (χ1) is 8.86. The highest BCUT2D eigenvalue weighted by molar-refractivity contribution is 7.22. The van der Waals surface area contributed by atoms with Gasteiger partial charge in [-0.3, -0.25) is 0 Å². The Morgan fingerprint density at radius 1 is 1.21 bits per heavy atom. The summed E-state index contributed by atoms with van der Waals surface area (Å²) in [6.07, 6.45) is 0. The van der Waals surface area contributed by atoms with Crippen LogP contribution < -0.4 is 10.1 Å². The van der Waals surface area contributed by atoms with Crippen LogP contribution >= 0.6 is 11.3 Å². The van der Waals surface area contributed by atoms with E-state index in [-0.39, 0.29) is 24.9 Å². The van der Waals surface area contributed by atoms with Crippen molar-refractivity contribution < 1.29 is 14.4 Å². The average molecular weight is 283 g/mol. The molecule has 19 heavy (non-hydrogen) atoms. The first-order valence-electron chi connectivity index (χ1n) is 6.61. The molecule has 2 heterocycles. The van der Waals surface area contributed by atoms with Crippen LogP contribution in [0.15, 0.2) is 12.1 Å². The van der Waals surface area contributed by atoms with Crippen LogP contribution in [0.2, 0.25) is 0 Å². The highest BCUT2D eigenvalue weighted by atomic mass is 32.1. The lowest BCUT2D eigenvalue weighted by molar-refractivity contribution is 0.00578. The van der Waals surface area contributed by atoms with Crippen LogP contribution in [0.25, 0.3) is 0 Å². The van der Waals surface area contributed by atoms with E-state index in [1.54, 1.807) is 11.3 Å². The topological polar surface area (TPSA) is 50.7 Å². The molecule has 0 saturated carbocycles.